The molecule has 1 rings (SSSR count). The lowest BCUT2D eigenvalue weighted by atomic mass is 9.76. The Balaban J connectivity index is 2.55. The highest BCUT2D eigenvalue weighted by atomic mass is 16.3. The number of aliphatic hydroxyl groups is 1. The second-order valence-corrected chi connectivity index (χ2v) is 6.42. The Kier molecular flexibility index (Phi) is 4.44. The molecule has 0 radical (unpaired) electrons. The molecule has 0 aromatic rings. The molecule has 2 unspecified atom stereocenters. The molecule has 16 heavy (non-hydrogen) atoms. The Hall–Kier alpha value is -0.480. The summed E-state index contributed by atoms with van der Waals surface area (Å²) in [5.41, 5.74) is -0.107. The third-order valence-electron chi connectivity index (χ3n) is 4.11. The molecule has 0 aromatic carbocycles. The molecule has 0 heterocycles. The Labute approximate surface area is 101 Å². The van der Waals surface area contributed by atoms with Gasteiger partial charge in [0.2, 0.25) is 0 Å². The molecule has 1 fully saturated rings. The first-order chi connectivity index (χ1) is 7.37. The Morgan fingerprint density at radius 3 is 2.56 bits per heavy atom. The van der Waals surface area contributed by atoms with Crippen LogP contribution in [0.2, 0.25) is 0 Å². The summed E-state index contributed by atoms with van der Waals surface area (Å²) >= 11 is 0. The largest absolute Gasteiger partial charge is 0.390 e. The van der Waals surface area contributed by atoms with Crippen LogP contribution in [0.15, 0.2) is 0 Å². The van der Waals surface area contributed by atoms with Crippen molar-refractivity contribution in [3.63, 3.8) is 0 Å². The van der Waals surface area contributed by atoms with E-state index in [4.69, 9.17) is 6.42 Å². The summed E-state index contributed by atoms with van der Waals surface area (Å²) in [5, 5.41) is 10.5. The highest BCUT2D eigenvalue weighted by molar-refractivity contribution is 4.92. The summed E-state index contributed by atoms with van der Waals surface area (Å²) in [7, 11) is 0. The summed E-state index contributed by atoms with van der Waals surface area (Å²) < 4.78 is 0. The van der Waals surface area contributed by atoms with Crippen LogP contribution >= 0.6 is 0 Å². The van der Waals surface area contributed by atoms with Gasteiger partial charge in [-0.15, -0.1) is 12.3 Å². The van der Waals surface area contributed by atoms with Gasteiger partial charge in [0.25, 0.3) is 0 Å². The maximum atomic E-state index is 10.5. The van der Waals surface area contributed by atoms with Gasteiger partial charge in [-0.05, 0) is 43.4 Å². The van der Waals surface area contributed by atoms with Crippen LogP contribution in [0.3, 0.4) is 0 Å². The maximum absolute atomic E-state index is 10.5. The van der Waals surface area contributed by atoms with Crippen molar-refractivity contribution < 1.29 is 5.11 Å². The number of hydrogen-bond acceptors (Lipinski definition) is 1. The van der Waals surface area contributed by atoms with Gasteiger partial charge in [-0.3, -0.25) is 0 Å². The molecule has 0 amide bonds. The molecule has 2 atom stereocenters. The topological polar surface area (TPSA) is 20.2 Å². The maximum Gasteiger partial charge on any atom is 0.0657 e. The summed E-state index contributed by atoms with van der Waals surface area (Å²) in [6, 6.07) is 0. The zero-order valence-electron chi connectivity index (χ0n) is 11.1. The smallest absolute Gasteiger partial charge is 0.0657 e. The molecule has 92 valence electrons. The summed E-state index contributed by atoms with van der Waals surface area (Å²) in [6.07, 6.45) is 12.2. The fourth-order valence-electron chi connectivity index (χ4n) is 2.81. The highest BCUT2D eigenvalue weighted by Gasteiger charge is 2.34. The van der Waals surface area contributed by atoms with E-state index < -0.39 is 5.60 Å². The highest BCUT2D eigenvalue weighted by Crippen LogP contribution is 2.40. The van der Waals surface area contributed by atoms with Crippen LogP contribution in [0.5, 0.6) is 0 Å². The van der Waals surface area contributed by atoms with Crippen LogP contribution < -0.4 is 0 Å². The number of rotatable bonds is 2. The molecule has 1 aliphatic rings. The molecule has 0 spiro atoms. The van der Waals surface area contributed by atoms with Gasteiger partial charge < -0.3 is 5.11 Å². The van der Waals surface area contributed by atoms with E-state index in [0.29, 0.717) is 11.8 Å². The lowest BCUT2D eigenvalue weighted by Crippen LogP contribution is -2.28. The van der Waals surface area contributed by atoms with Crippen molar-refractivity contribution in [3.8, 4) is 12.3 Å². The van der Waals surface area contributed by atoms with E-state index in [1.807, 2.05) is 0 Å². The van der Waals surface area contributed by atoms with Crippen molar-refractivity contribution in [1.29, 1.82) is 0 Å². The molecule has 1 aliphatic carbocycles. The van der Waals surface area contributed by atoms with E-state index in [1.165, 1.54) is 6.42 Å². The van der Waals surface area contributed by atoms with Crippen LogP contribution in [-0.2, 0) is 0 Å². The standard InChI is InChI=1S/C15H26O/c1-5-6-10-15(16)11-7-8-13(9-12-15)14(2,3)4/h1,13,16H,6-12H2,2-4H3. The molecule has 0 bridgehead atoms. The third kappa shape index (κ3) is 3.83. The predicted octanol–water partition coefficient (Wildman–Crippen LogP) is 3.76. The molecule has 0 saturated heterocycles. The van der Waals surface area contributed by atoms with Crippen LogP contribution in [0, 0.1) is 23.7 Å². The second-order valence-electron chi connectivity index (χ2n) is 6.42. The monoisotopic (exact) mass is 222 g/mol. The van der Waals surface area contributed by atoms with E-state index in [1.54, 1.807) is 0 Å². The molecular weight excluding hydrogens is 196 g/mol. The first-order valence-electron chi connectivity index (χ1n) is 6.53. The first kappa shape index (κ1) is 13.6. The average molecular weight is 222 g/mol. The molecule has 0 aromatic heterocycles. The minimum atomic E-state index is -0.480. The van der Waals surface area contributed by atoms with Crippen molar-refractivity contribution in [2.75, 3.05) is 0 Å². The van der Waals surface area contributed by atoms with E-state index in [0.717, 1.165) is 38.0 Å². The molecule has 0 aliphatic heterocycles. The Morgan fingerprint density at radius 1 is 1.31 bits per heavy atom. The Bertz CT molecular complexity index is 256. The van der Waals surface area contributed by atoms with Crippen LogP contribution in [0.1, 0.15) is 65.7 Å². The summed E-state index contributed by atoms with van der Waals surface area (Å²) in [4.78, 5) is 0. The van der Waals surface area contributed by atoms with Crippen molar-refractivity contribution in [1.82, 2.24) is 0 Å². The van der Waals surface area contributed by atoms with E-state index >= 15 is 0 Å². The molecule has 1 N–H and O–H groups in total. The molecular formula is C15H26O. The predicted molar refractivity (Wildman–Crippen MR) is 69.0 cm³/mol. The first-order valence-corrected chi connectivity index (χ1v) is 6.53. The van der Waals surface area contributed by atoms with Crippen LogP contribution in [0.4, 0.5) is 0 Å². The molecule has 1 saturated carbocycles. The fraction of sp³-hybridized carbons (Fsp3) is 0.867. The zero-order valence-corrected chi connectivity index (χ0v) is 11.1. The van der Waals surface area contributed by atoms with Crippen molar-refractivity contribution in [2.45, 2.75) is 71.3 Å². The third-order valence-corrected chi connectivity index (χ3v) is 4.11. The molecule has 1 nitrogen and oxygen atoms in total. The quantitative estimate of drug-likeness (QED) is 0.557. The fourth-order valence-corrected chi connectivity index (χ4v) is 2.81. The number of hydrogen-bond donors (Lipinski definition) is 1. The van der Waals surface area contributed by atoms with Gasteiger partial charge in [-0.25, -0.2) is 0 Å². The van der Waals surface area contributed by atoms with E-state index in [-0.39, 0.29) is 0 Å². The SMILES string of the molecule is C#CCCC1(O)CCCC(C(C)(C)C)CC1. The lowest BCUT2D eigenvalue weighted by molar-refractivity contribution is 0.0153. The van der Waals surface area contributed by atoms with E-state index in [9.17, 15) is 5.11 Å². The van der Waals surface area contributed by atoms with Gasteiger partial charge in [0, 0.05) is 6.42 Å². The van der Waals surface area contributed by atoms with Crippen LogP contribution in [0.25, 0.3) is 0 Å². The van der Waals surface area contributed by atoms with Crippen LogP contribution in [-0.4, -0.2) is 10.7 Å². The van der Waals surface area contributed by atoms with Crippen molar-refractivity contribution >= 4 is 0 Å². The summed E-state index contributed by atoms with van der Waals surface area (Å²) in [6.45, 7) is 6.93. The van der Waals surface area contributed by atoms with Crippen molar-refractivity contribution in [2.24, 2.45) is 11.3 Å². The Morgan fingerprint density at radius 2 is 2.00 bits per heavy atom. The van der Waals surface area contributed by atoms with Crippen molar-refractivity contribution in [3.05, 3.63) is 0 Å². The van der Waals surface area contributed by atoms with Gasteiger partial charge in [0.15, 0.2) is 0 Å². The minimum Gasteiger partial charge on any atom is -0.390 e. The average Bonchev–Trinajstić information content (AvgIpc) is 2.37. The van der Waals surface area contributed by atoms with Gasteiger partial charge >= 0.3 is 0 Å². The van der Waals surface area contributed by atoms with Gasteiger partial charge in [0.1, 0.15) is 0 Å². The van der Waals surface area contributed by atoms with Gasteiger partial charge in [-0.2, -0.15) is 0 Å². The zero-order chi connectivity index (χ0) is 12.2. The number of terminal acetylenes is 1. The van der Waals surface area contributed by atoms with Gasteiger partial charge in [0.05, 0.1) is 5.60 Å². The van der Waals surface area contributed by atoms with E-state index in [2.05, 4.69) is 26.7 Å². The molecule has 1 heteroatoms. The van der Waals surface area contributed by atoms with Gasteiger partial charge in [-0.1, -0.05) is 27.2 Å². The normalized spacial score (nSPS) is 31.8. The lowest BCUT2D eigenvalue weighted by Gasteiger charge is -2.30. The minimum absolute atomic E-state index is 0.372. The summed E-state index contributed by atoms with van der Waals surface area (Å²) in [5.74, 6) is 3.38. The second kappa shape index (κ2) is 5.23.